The molecule has 0 aliphatic heterocycles. The van der Waals surface area contributed by atoms with Crippen LogP contribution in [0.4, 0.5) is 0 Å². The van der Waals surface area contributed by atoms with Gasteiger partial charge in [0.1, 0.15) is 43.2 Å². The molecule has 16 heteroatoms. The Morgan fingerprint density at radius 1 is 0.571 bits per heavy atom. The smallest absolute Gasteiger partial charge is 0.462 e. The van der Waals surface area contributed by atoms with Crippen LogP contribution in [0.1, 0.15) is 155 Å². The number of carbonyl (C=O) groups is 2. The average Bonchev–Trinajstić information content (AvgIpc) is 3.26. The van der Waals surface area contributed by atoms with Crippen molar-refractivity contribution in [3.05, 3.63) is 60.8 Å². The van der Waals surface area contributed by atoms with Gasteiger partial charge in [0.2, 0.25) is 0 Å². The van der Waals surface area contributed by atoms with Gasteiger partial charge < -0.3 is 50.1 Å². The Morgan fingerprint density at radius 3 is 1.67 bits per heavy atom. The second-order valence-corrected chi connectivity index (χ2v) is 17.6. The molecule has 1 fully saturated rings. The molecule has 0 aromatic carbocycles. The summed E-state index contributed by atoms with van der Waals surface area (Å²) in [7, 11) is -5.16. The molecule has 0 bridgehead atoms. The average molecular weight is 917 g/mol. The van der Waals surface area contributed by atoms with E-state index in [1.807, 2.05) is 12.2 Å². The maximum absolute atomic E-state index is 12.8. The number of hydrogen-bond donors (Lipinski definition) is 8. The fourth-order valence-corrected chi connectivity index (χ4v) is 7.63. The molecule has 0 saturated heterocycles. The Morgan fingerprint density at radius 2 is 1.06 bits per heavy atom. The molecule has 1 aliphatic rings. The zero-order valence-electron chi connectivity index (χ0n) is 37.8. The molecule has 8 N–H and O–H groups in total. The van der Waals surface area contributed by atoms with Crippen molar-refractivity contribution in [2.75, 3.05) is 13.2 Å². The standard InChI is InChI=1S/C47H81O15P/c1-3-5-7-9-11-12-13-14-15-16-17-18-19-20-21-25-30-34-41(51)61-37(36-60-63(57,58)62-47-45(55)43(53)42(52)44(54)46(47)56)35-59-40(50)33-29-26-22-24-28-32-39(49)38(48)31-27-23-10-8-6-4-2/h5,7,11-12,14-15,17-18,23,27,37-39,42-49,52-56H,3-4,6,8-10,13,16,19-22,24-26,28-36H2,1-2H3,(H,57,58)/b7-5-,12-11-,15-14-,18-17-,27-23-/t37-,38-,39-,42?,43-,44+,45-,46-,47?/m1/s1. The first-order valence-electron chi connectivity index (χ1n) is 23.3. The van der Waals surface area contributed by atoms with Crippen LogP contribution in [0.3, 0.4) is 0 Å². The lowest BCUT2D eigenvalue weighted by atomic mass is 9.85. The van der Waals surface area contributed by atoms with Gasteiger partial charge in [-0.3, -0.25) is 18.6 Å². The van der Waals surface area contributed by atoms with Gasteiger partial charge in [0, 0.05) is 12.8 Å². The maximum atomic E-state index is 12.8. The van der Waals surface area contributed by atoms with Crippen LogP contribution in [0.15, 0.2) is 60.8 Å². The highest BCUT2D eigenvalue weighted by Gasteiger charge is 2.51. The molecular weight excluding hydrogens is 835 g/mol. The third-order valence-electron chi connectivity index (χ3n) is 10.5. The van der Waals surface area contributed by atoms with E-state index in [9.17, 15) is 54.8 Å². The van der Waals surface area contributed by atoms with Crippen molar-refractivity contribution in [1.82, 2.24) is 0 Å². The van der Waals surface area contributed by atoms with Crippen molar-refractivity contribution in [1.29, 1.82) is 0 Å². The number of phosphoric acid groups is 1. The van der Waals surface area contributed by atoms with Crippen molar-refractivity contribution in [3.63, 3.8) is 0 Å². The first kappa shape index (κ1) is 58.5. The van der Waals surface area contributed by atoms with Crippen molar-refractivity contribution in [2.24, 2.45) is 0 Å². The molecule has 15 nitrogen and oxygen atoms in total. The van der Waals surface area contributed by atoms with Gasteiger partial charge in [-0.05, 0) is 77.0 Å². The molecule has 0 amide bonds. The van der Waals surface area contributed by atoms with Crippen LogP contribution in [-0.4, -0.2) is 121 Å². The fraction of sp³-hybridized carbons (Fsp3) is 0.745. The zero-order valence-corrected chi connectivity index (χ0v) is 38.7. The predicted octanol–water partition coefficient (Wildman–Crippen LogP) is 6.89. The summed E-state index contributed by atoms with van der Waals surface area (Å²) < 4.78 is 33.4. The molecule has 0 aromatic rings. The second-order valence-electron chi connectivity index (χ2n) is 16.2. The van der Waals surface area contributed by atoms with Crippen LogP contribution in [0.25, 0.3) is 0 Å². The lowest BCUT2D eigenvalue weighted by Gasteiger charge is -2.41. The van der Waals surface area contributed by atoms with Crippen molar-refractivity contribution in [2.45, 2.75) is 210 Å². The van der Waals surface area contributed by atoms with Crippen LogP contribution >= 0.6 is 7.82 Å². The van der Waals surface area contributed by atoms with Gasteiger partial charge in [-0.1, -0.05) is 126 Å². The number of aliphatic hydroxyl groups is 7. The minimum absolute atomic E-state index is 0.0342. The minimum Gasteiger partial charge on any atom is -0.462 e. The highest BCUT2D eigenvalue weighted by Crippen LogP contribution is 2.47. The molecule has 3 unspecified atom stereocenters. The van der Waals surface area contributed by atoms with Crippen LogP contribution < -0.4 is 0 Å². The number of aliphatic hydroxyl groups excluding tert-OH is 7. The second kappa shape index (κ2) is 36.7. The molecule has 0 aromatic heterocycles. The maximum Gasteiger partial charge on any atom is 0.472 e. The van der Waals surface area contributed by atoms with Gasteiger partial charge in [-0.25, -0.2) is 4.57 Å². The van der Waals surface area contributed by atoms with E-state index >= 15 is 0 Å². The third kappa shape index (κ3) is 28.9. The normalized spacial score (nSPS) is 23.3. The molecule has 10 atom stereocenters. The Balaban J connectivity index is 2.53. The SMILES string of the molecule is CC/C=C\C/C=C\C/C=C\C/C=C\CCCCCCC(=O)O[C@H](COC(=O)CCCCCCC[C@@H](O)[C@H](O)C/C=C\CCCCC)COP(=O)(O)OC1[C@H](O)[C@H](O)C(O)[C@H](O)[C@H]1O. The van der Waals surface area contributed by atoms with Gasteiger partial charge >= 0.3 is 19.8 Å². The molecule has 1 saturated carbocycles. The van der Waals surface area contributed by atoms with Crippen LogP contribution in [0.5, 0.6) is 0 Å². The summed E-state index contributed by atoms with van der Waals surface area (Å²) in [6.45, 7) is 2.96. The van der Waals surface area contributed by atoms with E-state index < -0.39 is 87.9 Å². The Bertz CT molecular complexity index is 1370. The molecule has 0 spiro atoms. The molecule has 0 heterocycles. The lowest BCUT2D eigenvalue weighted by Crippen LogP contribution is -2.64. The fourth-order valence-electron chi connectivity index (χ4n) is 6.65. The molecular formula is C47H81O15P. The Kier molecular flexibility index (Phi) is 34.0. The van der Waals surface area contributed by atoms with Gasteiger partial charge in [-0.15, -0.1) is 0 Å². The van der Waals surface area contributed by atoms with Crippen LogP contribution in [-0.2, 0) is 32.7 Å². The first-order chi connectivity index (χ1) is 30.2. The molecule has 1 rings (SSSR count). The highest BCUT2D eigenvalue weighted by atomic mass is 31.2. The summed E-state index contributed by atoms with van der Waals surface area (Å²) in [6.07, 6.45) is 22.8. The summed E-state index contributed by atoms with van der Waals surface area (Å²) in [6, 6.07) is 0. The zero-order chi connectivity index (χ0) is 46.7. The summed E-state index contributed by atoms with van der Waals surface area (Å²) in [5.74, 6) is -1.24. The first-order valence-corrected chi connectivity index (χ1v) is 24.8. The quantitative estimate of drug-likeness (QED) is 0.0137. The number of hydrogen-bond acceptors (Lipinski definition) is 14. The topological polar surface area (TPSA) is 250 Å². The lowest BCUT2D eigenvalue weighted by molar-refractivity contribution is -0.220. The van der Waals surface area contributed by atoms with Gasteiger partial charge in [0.05, 0.1) is 18.8 Å². The van der Waals surface area contributed by atoms with E-state index in [1.165, 1.54) is 6.42 Å². The van der Waals surface area contributed by atoms with E-state index in [1.54, 1.807) is 0 Å². The van der Waals surface area contributed by atoms with Crippen LogP contribution in [0.2, 0.25) is 0 Å². The minimum atomic E-state index is -5.16. The molecule has 63 heavy (non-hydrogen) atoms. The number of allylic oxidation sites excluding steroid dienone is 9. The number of ether oxygens (including phenoxy) is 2. The van der Waals surface area contributed by atoms with Crippen molar-refractivity contribution < 1.29 is 73.3 Å². The Hall–Kier alpha value is -2.53. The summed E-state index contributed by atoms with van der Waals surface area (Å²) in [4.78, 5) is 35.7. The van der Waals surface area contributed by atoms with Gasteiger partial charge in [0.25, 0.3) is 0 Å². The van der Waals surface area contributed by atoms with E-state index in [-0.39, 0.29) is 12.8 Å². The van der Waals surface area contributed by atoms with E-state index in [0.29, 0.717) is 32.1 Å². The van der Waals surface area contributed by atoms with Crippen molar-refractivity contribution >= 4 is 19.8 Å². The summed E-state index contributed by atoms with van der Waals surface area (Å²) in [5.41, 5.74) is 0. The molecule has 1 aliphatic carbocycles. The monoisotopic (exact) mass is 917 g/mol. The van der Waals surface area contributed by atoms with Crippen LogP contribution in [0, 0.1) is 0 Å². The number of carbonyl (C=O) groups excluding carboxylic acids is 2. The highest BCUT2D eigenvalue weighted by molar-refractivity contribution is 7.47. The summed E-state index contributed by atoms with van der Waals surface area (Å²) in [5, 5.41) is 70.6. The number of rotatable bonds is 37. The third-order valence-corrected chi connectivity index (χ3v) is 11.5. The number of unbranched alkanes of at least 4 members (excludes halogenated alkanes) is 11. The van der Waals surface area contributed by atoms with Crippen molar-refractivity contribution in [3.8, 4) is 0 Å². The molecule has 0 radical (unpaired) electrons. The largest absolute Gasteiger partial charge is 0.472 e. The van der Waals surface area contributed by atoms with E-state index in [0.717, 1.165) is 89.9 Å². The van der Waals surface area contributed by atoms with Gasteiger partial charge in [0.15, 0.2) is 6.10 Å². The van der Waals surface area contributed by atoms with E-state index in [2.05, 4.69) is 62.5 Å². The van der Waals surface area contributed by atoms with E-state index in [4.69, 9.17) is 18.5 Å². The number of phosphoric ester groups is 1. The Labute approximate surface area is 376 Å². The summed E-state index contributed by atoms with van der Waals surface area (Å²) >= 11 is 0. The molecule has 364 valence electrons. The number of esters is 2. The van der Waals surface area contributed by atoms with Gasteiger partial charge in [-0.2, -0.15) is 0 Å². The predicted molar refractivity (Wildman–Crippen MR) is 242 cm³/mol.